The number of aryl methyl sites for hydroxylation is 1. The Balaban J connectivity index is 1.37. The number of aromatic amines is 1. The van der Waals surface area contributed by atoms with Crippen LogP contribution in [0, 0.1) is 6.92 Å². The lowest BCUT2D eigenvalue weighted by Crippen LogP contribution is -2.38. The van der Waals surface area contributed by atoms with Crippen LogP contribution in [0.25, 0.3) is 23.1 Å². The van der Waals surface area contributed by atoms with Crippen molar-refractivity contribution in [3.05, 3.63) is 75.6 Å². The second-order valence-corrected chi connectivity index (χ2v) is 9.34. The quantitative estimate of drug-likeness (QED) is 0.362. The Labute approximate surface area is 208 Å². The Morgan fingerprint density at radius 3 is 2.89 bits per heavy atom. The van der Waals surface area contributed by atoms with E-state index in [1.165, 1.54) is 11.3 Å². The average molecular weight is 489 g/mol. The number of H-pyrrole nitrogens is 1. The summed E-state index contributed by atoms with van der Waals surface area (Å²) >= 11 is 1.44. The van der Waals surface area contributed by atoms with Gasteiger partial charge in [0.05, 0.1) is 29.3 Å². The van der Waals surface area contributed by atoms with Crippen LogP contribution in [0.1, 0.15) is 26.5 Å². The topological polar surface area (TPSA) is 79.5 Å². The second kappa shape index (κ2) is 10.9. The molecule has 1 aliphatic rings. The van der Waals surface area contributed by atoms with Gasteiger partial charge in [-0.1, -0.05) is 24.3 Å². The smallest absolute Gasteiger partial charge is 0.266 e. The first kappa shape index (κ1) is 23.3. The van der Waals surface area contributed by atoms with Crippen molar-refractivity contribution in [2.75, 3.05) is 44.8 Å². The summed E-state index contributed by atoms with van der Waals surface area (Å²) in [5.74, 6) is 0.647. The monoisotopic (exact) mass is 488 g/mol. The number of para-hydroxylation sites is 1. The first-order valence-corrected chi connectivity index (χ1v) is 12.6. The first-order valence-electron chi connectivity index (χ1n) is 11.7. The Morgan fingerprint density at radius 1 is 1.20 bits per heavy atom. The number of hydrogen-bond donors (Lipinski definition) is 2. The lowest BCUT2D eigenvalue weighted by atomic mass is 10.1. The molecule has 1 saturated heterocycles. The van der Waals surface area contributed by atoms with Gasteiger partial charge in [0.1, 0.15) is 12.4 Å². The maximum atomic E-state index is 12.9. The molecule has 35 heavy (non-hydrogen) atoms. The van der Waals surface area contributed by atoms with E-state index in [-0.39, 0.29) is 5.91 Å². The molecule has 8 heteroatoms. The molecular weight excluding hydrogens is 460 g/mol. The van der Waals surface area contributed by atoms with E-state index in [1.807, 2.05) is 73.0 Å². The molecule has 1 fully saturated rings. The van der Waals surface area contributed by atoms with Crippen molar-refractivity contribution in [3.63, 3.8) is 0 Å². The van der Waals surface area contributed by atoms with Gasteiger partial charge in [0.25, 0.3) is 5.91 Å². The molecule has 0 aliphatic carbocycles. The predicted molar refractivity (Wildman–Crippen MR) is 141 cm³/mol. The number of carbonyl (C=O) groups is 1. The summed E-state index contributed by atoms with van der Waals surface area (Å²) in [6, 6.07) is 15.7. The van der Waals surface area contributed by atoms with Gasteiger partial charge in [0.15, 0.2) is 0 Å². The van der Waals surface area contributed by atoms with E-state index in [0.29, 0.717) is 11.5 Å². The number of morpholine rings is 1. The van der Waals surface area contributed by atoms with Crippen LogP contribution in [0.3, 0.4) is 0 Å². The van der Waals surface area contributed by atoms with Crippen LogP contribution in [-0.2, 0) is 4.74 Å². The number of rotatable bonds is 8. The van der Waals surface area contributed by atoms with E-state index >= 15 is 0 Å². The van der Waals surface area contributed by atoms with E-state index in [4.69, 9.17) is 9.47 Å². The highest BCUT2D eigenvalue weighted by atomic mass is 32.1. The molecule has 0 saturated carbocycles. The van der Waals surface area contributed by atoms with Crippen LogP contribution in [0.15, 0.2) is 53.9 Å². The van der Waals surface area contributed by atoms with E-state index in [2.05, 4.69) is 20.4 Å². The van der Waals surface area contributed by atoms with Gasteiger partial charge in [0, 0.05) is 36.3 Å². The average Bonchev–Trinajstić information content (AvgIpc) is 3.50. The highest BCUT2D eigenvalue weighted by Crippen LogP contribution is 2.27. The van der Waals surface area contributed by atoms with Crippen LogP contribution in [0.5, 0.6) is 5.75 Å². The van der Waals surface area contributed by atoms with Crippen molar-refractivity contribution < 1.29 is 14.3 Å². The minimum Gasteiger partial charge on any atom is -0.492 e. The van der Waals surface area contributed by atoms with Crippen LogP contribution in [0.2, 0.25) is 0 Å². The molecule has 0 bridgehead atoms. The number of amides is 1. The Hall–Kier alpha value is -3.46. The molecule has 4 aromatic rings. The van der Waals surface area contributed by atoms with Gasteiger partial charge in [-0.25, -0.2) is 0 Å². The Morgan fingerprint density at radius 2 is 2.06 bits per heavy atom. The molecule has 1 amide bonds. The zero-order chi connectivity index (χ0) is 24.0. The van der Waals surface area contributed by atoms with Gasteiger partial charge >= 0.3 is 0 Å². The maximum absolute atomic E-state index is 12.9. The molecule has 0 radical (unpaired) electrons. The number of anilines is 1. The summed E-state index contributed by atoms with van der Waals surface area (Å²) in [6.07, 6.45) is 3.92. The second-order valence-electron chi connectivity index (χ2n) is 8.43. The molecule has 5 rings (SSSR count). The van der Waals surface area contributed by atoms with Gasteiger partial charge in [0.2, 0.25) is 0 Å². The minimum absolute atomic E-state index is 0.113. The molecule has 0 unspecified atom stereocenters. The normalized spacial score (nSPS) is 14.5. The van der Waals surface area contributed by atoms with E-state index in [0.717, 1.165) is 72.0 Å². The highest BCUT2D eigenvalue weighted by molar-refractivity contribution is 7.12. The number of nitrogens with one attached hydrogen (secondary N) is 2. The fraction of sp³-hybridized carbons (Fsp3) is 0.259. The van der Waals surface area contributed by atoms with Crippen molar-refractivity contribution in [1.29, 1.82) is 0 Å². The number of ether oxygens (including phenoxy) is 2. The lowest BCUT2D eigenvalue weighted by Gasteiger charge is -2.26. The Kier molecular flexibility index (Phi) is 7.23. The molecule has 0 atom stereocenters. The standard InChI is InChI=1S/C27H28N4O3S/c1-19-10-17-35-26(19)27(32)28-23-9-7-21(34-16-13-31-11-14-33-15-12-31)18-20(23)6-8-25-22-4-2-3-5-24(22)29-30-25/h2-10,17-18H,11-16H2,1H3,(H,28,32)(H,29,30). The fourth-order valence-electron chi connectivity index (χ4n) is 4.06. The molecule has 0 spiro atoms. The molecule has 180 valence electrons. The summed E-state index contributed by atoms with van der Waals surface area (Å²) in [7, 11) is 0. The summed E-state index contributed by atoms with van der Waals surface area (Å²) in [4.78, 5) is 15.9. The zero-order valence-electron chi connectivity index (χ0n) is 19.6. The van der Waals surface area contributed by atoms with Crippen LogP contribution in [0.4, 0.5) is 5.69 Å². The van der Waals surface area contributed by atoms with Crippen molar-refractivity contribution in [2.45, 2.75) is 6.92 Å². The molecular formula is C27H28N4O3S. The largest absolute Gasteiger partial charge is 0.492 e. The van der Waals surface area contributed by atoms with E-state index in [9.17, 15) is 4.79 Å². The van der Waals surface area contributed by atoms with Gasteiger partial charge in [-0.2, -0.15) is 5.10 Å². The van der Waals surface area contributed by atoms with Crippen LogP contribution < -0.4 is 10.1 Å². The van der Waals surface area contributed by atoms with Gasteiger partial charge < -0.3 is 14.8 Å². The van der Waals surface area contributed by atoms with Crippen molar-refractivity contribution >= 4 is 46.0 Å². The number of carbonyl (C=O) groups excluding carboxylic acids is 1. The third kappa shape index (κ3) is 5.62. The van der Waals surface area contributed by atoms with Crippen molar-refractivity contribution in [2.24, 2.45) is 0 Å². The van der Waals surface area contributed by atoms with E-state index in [1.54, 1.807) is 0 Å². The van der Waals surface area contributed by atoms with Gasteiger partial charge in [-0.3, -0.25) is 14.8 Å². The molecule has 7 nitrogen and oxygen atoms in total. The maximum Gasteiger partial charge on any atom is 0.266 e. The lowest BCUT2D eigenvalue weighted by molar-refractivity contribution is 0.0322. The first-order chi connectivity index (χ1) is 17.2. The van der Waals surface area contributed by atoms with Crippen LogP contribution >= 0.6 is 11.3 Å². The van der Waals surface area contributed by atoms with Gasteiger partial charge in [-0.15, -0.1) is 11.3 Å². The number of fused-ring (bicyclic) bond motifs is 1. The SMILES string of the molecule is Cc1ccsc1C(=O)Nc1ccc(OCCN2CCOCC2)cc1C=Cc1n[nH]c2ccccc12. The third-order valence-electron chi connectivity index (χ3n) is 6.04. The summed E-state index contributed by atoms with van der Waals surface area (Å²) in [5, 5.41) is 13.5. The summed E-state index contributed by atoms with van der Waals surface area (Å²) < 4.78 is 11.5. The summed E-state index contributed by atoms with van der Waals surface area (Å²) in [5.41, 5.74) is 4.36. The molecule has 1 aliphatic heterocycles. The zero-order valence-corrected chi connectivity index (χ0v) is 20.4. The molecule has 2 aromatic heterocycles. The molecule has 3 heterocycles. The number of thiophene rings is 1. The van der Waals surface area contributed by atoms with Gasteiger partial charge in [-0.05, 0) is 54.3 Å². The van der Waals surface area contributed by atoms with Crippen molar-refractivity contribution in [1.82, 2.24) is 15.1 Å². The van der Waals surface area contributed by atoms with Crippen molar-refractivity contribution in [3.8, 4) is 5.75 Å². The number of hydrogen-bond acceptors (Lipinski definition) is 6. The highest BCUT2D eigenvalue weighted by Gasteiger charge is 2.14. The third-order valence-corrected chi connectivity index (χ3v) is 7.06. The minimum atomic E-state index is -0.113. The summed E-state index contributed by atoms with van der Waals surface area (Å²) in [6.45, 7) is 6.80. The number of aromatic nitrogens is 2. The van der Waals surface area contributed by atoms with Crippen LogP contribution in [-0.4, -0.2) is 60.5 Å². The number of benzene rings is 2. The van der Waals surface area contributed by atoms with E-state index < -0.39 is 0 Å². The molecule has 2 N–H and O–H groups in total. The Bertz CT molecular complexity index is 1340. The molecule has 2 aromatic carbocycles. The fourth-order valence-corrected chi connectivity index (χ4v) is 4.88. The predicted octanol–water partition coefficient (Wildman–Crippen LogP) is 5.07. The number of nitrogens with zero attached hydrogens (tertiary/aromatic N) is 2.